The van der Waals surface area contributed by atoms with Crippen LogP contribution in [-0.2, 0) is 9.47 Å². The maximum Gasteiger partial charge on any atom is 0.257 e. The third kappa shape index (κ3) is 2.60. The fourth-order valence-electron chi connectivity index (χ4n) is 3.18. The molecule has 3 heterocycles. The van der Waals surface area contributed by atoms with Crippen LogP contribution in [0.25, 0.3) is 0 Å². The summed E-state index contributed by atoms with van der Waals surface area (Å²) < 4.78 is 16.6. The van der Waals surface area contributed by atoms with E-state index in [0.29, 0.717) is 12.2 Å². The molecular formula is C15H21NO4. The van der Waals surface area contributed by atoms with Crippen molar-refractivity contribution in [3.05, 3.63) is 24.2 Å². The predicted molar refractivity (Wildman–Crippen MR) is 72.6 cm³/mol. The average Bonchev–Trinajstić information content (AvgIpc) is 3.10. The Morgan fingerprint density at radius 3 is 2.95 bits per heavy atom. The minimum atomic E-state index is -0.0764. The molecule has 1 amide bonds. The Kier molecular flexibility index (Phi) is 3.81. The van der Waals surface area contributed by atoms with E-state index in [-0.39, 0.29) is 17.6 Å². The Balaban J connectivity index is 1.56. The Morgan fingerprint density at radius 1 is 1.50 bits per heavy atom. The standard InChI is InChI=1S/C15H21NO4/c1-2-19-13-9-15(20-11-13)4-6-16(7-5-15)14(17)12-3-8-18-10-12/h3,8,10,13H,2,4-7,9,11H2,1H3. The zero-order chi connectivity index (χ0) is 14.0. The first-order valence-electron chi connectivity index (χ1n) is 7.29. The Labute approximate surface area is 118 Å². The van der Waals surface area contributed by atoms with Crippen LogP contribution in [0.5, 0.6) is 0 Å². The molecule has 5 nitrogen and oxygen atoms in total. The van der Waals surface area contributed by atoms with Crippen LogP contribution in [0.4, 0.5) is 0 Å². The average molecular weight is 279 g/mol. The molecule has 0 aromatic carbocycles. The summed E-state index contributed by atoms with van der Waals surface area (Å²) >= 11 is 0. The lowest BCUT2D eigenvalue weighted by molar-refractivity contribution is -0.0407. The van der Waals surface area contributed by atoms with Crippen LogP contribution in [0.15, 0.2) is 23.0 Å². The molecule has 1 spiro atoms. The molecule has 20 heavy (non-hydrogen) atoms. The van der Waals surface area contributed by atoms with Crippen LogP contribution in [0.2, 0.25) is 0 Å². The topological polar surface area (TPSA) is 51.9 Å². The quantitative estimate of drug-likeness (QED) is 0.850. The Bertz CT molecular complexity index is 448. The smallest absolute Gasteiger partial charge is 0.257 e. The monoisotopic (exact) mass is 279 g/mol. The van der Waals surface area contributed by atoms with Crippen molar-refractivity contribution >= 4 is 5.91 Å². The molecule has 2 aliphatic heterocycles. The summed E-state index contributed by atoms with van der Waals surface area (Å²) in [5, 5.41) is 0. The predicted octanol–water partition coefficient (Wildman–Crippen LogP) is 2.08. The van der Waals surface area contributed by atoms with Gasteiger partial charge in [-0.2, -0.15) is 0 Å². The highest BCUT2D eigenvalue weighted by Gasteiger charge is 2.43. The minimum Gasteiger partial charge on any atom is -0.472 e. The second-order valence-electron chi connectivity index (χ2n) is 5.58. The van der Waals surface area contributed by atoms with E-state index < -0.39 is 0 Å². The summed E-state index contributed by atoms with van der Waals surface area (Å²) in [6, 6.07) is 1.71. The molecule has 2 aliphatic rings. The van der Waals surface area contributed by atoms with E-state index in [1.165, 1.54) is 12.5 Å². The molecule has 1 aromatic rings. The number of ether oxygens (including phenoxy) is 2. The molecule has 0 N–H and O–H groups in total. The van der Waals surface area contributed by atoms with E-state index in [4.69, 9.17) is 13.9 Å². The van der Waals surface area contributed by atoms with Gasteiger partial charge in [0.2, 0.25) is 0 Å². The van der Waals surface area contributed by atoms with Crippen LogP contribution >= 0.6 is 0 Å². The molecule has 1 atom stereocenters. The number of piperidine rings is 1. The van der Waals surface area contributed by atoms with Gasteiger partial charge >= 0.3 is 0 Å². The molecule has 3 rings (SSSR count). The number of hydrogen-bond donors (Lipinski definition) is 0. The number of carbonyl (C=O) groups is 1. The third-order valence-electron chi connectivity index (χ3n) is 4.31. The first-order chi connectivity index (χ1) is 9.72. The van der Waals surface area contributed by atoms with Crippen molar-refractivity contribution in [1.82, 2.24) is 4.90 Å². The lowest BCUT2D eigenvalue weighted by atomic mass is 9.88. The largest absolute Gasteiger partial charge is 0.472 e. The second kappa shape index (κ2) is 5.58. The van der Waals surface area contributed by atoms with Gasteiger partial charge < -0.3 is 18.8 Å². The van der Waals surface area contributed by atoms with Crippen molar-refractivity contribution in [1.29, 1.82) is 0 Å². The van der Waals surface area contributed by atoms with E-state index in [9.17, 15) is 4.79 Å². The van der Waals surface area contributed by atoms with Crippen molar-refractivity contribution in [3.63, 3.8) is 0 Å². The van der Waals surface area contributed by atoms with Crippen molar-refractivity contribution in [2.24, 2.45) is 0 Å². The van der Waals surface area contributed by atoms with Crippen LogP contribution < -0.4 is 0 Å². The first-order valence-corrected chi connectivity index (χ1v) is 7.29. The molecule has 5 heteroatoms. The summed E-state index contributed by atoms with van der Waals surface area (Å²) in [5.74, 6) is 0.0490. The van der Waals surface area contributed by atoms with Gasteiger partial charge in [0.1, 0.15) is 6.26 Å². The van der Waals surface area contributed by atoms with Gasteiger partial charge in [-0.05, 0) is 25.8 Å². The number of likely N-dealkylation sites (tertiary alicyclic amines) is 1. The highest BCUT2D eigenvalue weighted by atomic mass is 16.6. The molecule has 2 saturated heterocycles. The van der Waals surface area contributed by atoms with Gasteiger partial charge in [0, 0.05) is 26.1 Å². The van der Waals surface area contributed by atoms with E-state index in [1.54, 1.807) is 6.07 Å². The fraction of sp³-hybridized carbons (Fsp3) is 0.667. The van der Waals surface area contributed by atoms with E-state index in [1.807, 2.05) is 11.8 Å². The molecule has 0 radical (unpaired) electrons. The number of furan rings is 1. The normalized spacial score (nSPS) is 25.2. The number of amides is 1. The summed E-state index contributed by atoms with van der Waals surface area (Å²) in [6.45, 7) is 4.90. The summed E-state index contributed by atoms with van der Waals surface area (Å²) in [6.07, 6.45) is 5.99. The van der Waals surface area contributed by atoms with E-state index in [2.05, 4.69) is 0 Å². The number of nitrogens with zero attached hydrogens (tertiary/aromatic N) is 1. The molecule has 1 unspecified atom stereocenters. The maximum atomic E-state index is 12.2. The van der Waals surface area contributed by atoms with E-state index >= 15 is 0 Å². The number of rotatable bonds is 3. The van der Waals surface area contributed by atoms with Crippen LogP contribution in [0, 0.1) is 0 Å². The highest BCUT2D eigenvalue weighted by molar-refractivity contribution is 5.93. The summed E-state index contributed by atoms with van der Waals surface area (Å²) in [7, 11) is 0. The fourth-order valence-corrected chi connectivity index (χ4v) is 3.18. The van der Waals surface area contributed by atoms with Crippen molar-refractivity contribution in [3.8, 4) is 0 Å². The SMILES string of the molecule is CCOC1COC2(CCN(C(=O)c3ccoc3)CC2)C1. The van der Waals surface area contributed by atoms with Gasteiger partial charge in [-0.15, -0.1) is 0 Å². The van der Waals surface area contributed by atoms with Gasteiger partial charge in [-0.25, -0.2) is 0 Å². The molecule has 110 valence electrons. The van der Waals surface area contributed by atoms with Gasteiger partial charge in [0.15, 0.2) is 0 Å². The second-order valence-corrected chi connectivity index (χ2v) is 5.58. The minimum absolute atomic E-state index is 0.0490. The van der Waals surface area contributed by atoms with Crippen molar-refractivity contribution in [2.45, 2.75) is 37.9 Å². The molecule has 0 bridgehead atoms. The molecular weight excluding hydrogens is 258 g/mol. The summed E-state index contributed by atoms with van der Waals surface area (Å²) in [4.78, 5) is 14.1. The molecule has 2 fully saturated rings. The van der Waals surface area contributed by atoms with E-state index in [0.717, 1.165) is 39.0 Å². The van der Waals surface area contributed by atoms with Gasteiger partial charge in [0.25, 0.3) is 5.91 Å². The van der Waals surface area contributed by atoms with Crippen LogP contribution in [-0.4, -0.2) is 48.8 Å². The summed E-state index contributed by atoms with van der Waals surface area (Å²) in [5.41, 5.74) is 0.549. The zero-order valence-corrected chi connectivity index (χ0v) is 11.8. The highest BCUT2D eigenvalue weighted by Crippen LogP contribution is 2.37. The van der Waals surface area contributed by atoms with Crippen LogP contribution in [0.1, 0.15) is 36.5 Å². The number of hydrogen-bond acceptors (Lipinski definition) is 4. The third-order valence-corrected chi connectivity index (χ3v) is 4.31. The lowest BCUT2D eigenvalue weighted by Gasteiger charge is -2.38. The molecule has 0 aliphatic carbocycles. The maximum absolute atomic E-state index is 12.2. The Morgan fingerprint density at radius 2 is 2.30 bits per heavy atom. The molecule has 1 aromatic heterocycles. The van der Waals surface area contributed by atoms with Crippen molar-refractivity contribution in [2.75, 3.05) is 26.3 Å². The van der Waals surface area contributed by atoms with Crippen molar-refractivity contribution < 1.29 is 18.7 Å². The van der Waals surface area contributed by atoms with Gasteiger partial charge in [0.05, 0.1) is 30.1 Å². The van der Waals surface area contributed by atoms with Crippen LogP contribution in [0.3, 0.4) is 0 Å². The number of carbonyl (C=O) groups excluding carboxylic acids is 1. The molecule has 0 saturated carbocycles. The zero-order valence-electron chi connectivity index (χ0n) is 11.8. The van der Waals surface area contributed by atoms with Gasteiger partial charge in [-0.3, -0.25) is 4.79 Å². The first kappa shape index (κ1) is 13.6. The van der Waals surface area contributed by atoms with Gasteiger partial charge in [-0.1, -0.05) is 0 Å². The lowest BCUT2D eigenvalue weighted by Crippen LogP contribution is -2.46. The Hall–Kier alpha value is -1.33.